The first kappa shape index (κ1) is 11.5. The molecule has 1 fully saturated rings. The molecule has 82 valence electrons. The molecular formula is C12H23NO. The average Bonchev–Trinajstić information content (AvgIpc) is 2.00. The van der Waals surface area contributed by atoms with E-state index in [9.17, 15) is 4.79 Å². The minimum absolute atomic E-state index is 0.346. The van der Waals surface area contributed by atoms with Gasteiger partial charge in [0.05, 0.1) is 0 Å². The Morgan fingerprint density at radius 3 is 2.21 bits per heavy atom. The Hall–Kier alpha value is -0.530. The summed E-state index contributed by atoms with van der Waals surface area (Å²) in [5.41, 5.74) is 0. The maximum Gasteiger partial charge on any atom is 0.222 e. The van der Waals surface area contributed by atoms with Crippen molar-refractivity contribution in [3.63, 3.8) is 0 Å². The van der Waals surface area contributed by atoms with Gasteiger partial charge >= 0.3 is 0 Å². The maximum absolute atomic E-state index is 11.8. The molecule has 0 aliphatic carbocycles. The number of nitrogens with zero attached hydrogens (tertiary/aromatic N) is 1. The van der Waals surface area contributed by atoms with Gasteiger partial charge in [-0.2, -0.15) is 0 Å². The van der Waals surface area contributed by atoms with Gasteiger partial charge in [0.25, 0.3) is 0 Å². The van der Waals surface area contributed by atoms with Crippen LogP contribution < -0.4 is 0 Å². The first-order valence-corrected chi connectivity index (χ1v) is 5.76. The van der Waals surface area contributed by atoms with Crippen molar-refractivity contribution in [2.75, 3.05) is 13.1 Å². The van der Waals surface area contributed by atoms with Crippen LogP contribution in [-0.2, 0) is 4.79 Å². The van der Waals surface area contributed by atoms with Gasteiger partial charge in [-0.3, -0.25) is 4.79 Å². The van der Waals surface area contributed by atoms with Crippen LogP contribution in [0, 0.1) is 17.8 Å². The van der Waals surface area contributed by atoms with Crippen molar-refractivity contribution < 1.29 is 4.79 Å². The summed E-state index contributed by atoms with van der Waals surface area (Å²) in [5.74, 6) is 2.18. The molecule has 0 aromatic rings. The van der Waals surface area contributed by atoms with E-state index in [1.54, 1.807) is 0 Å². The number of hydrogen-bond acceptors (Lipinski definition) is 1. The first-order valence-electron chi connectivity index (χ1n) is 5.76. The average molecular weight is 197 g/mol. The molecule has 1 aliphatic heterocycles. The number of amides is 1. The van der Waals surface area contributed by atoms with Crippen LogP contribution in [0.5, 0.6) is 0 Å². The van der Waals surface area contributed by atoms with E-state index in [1.807, 2.05) is 0 Å². The zero-order valence-corrected chi connectivity index (χ0v) is 9.92. The van der Waals surface area contributed by atoms with Gasteiger partial charge in [0.1, 0.15) is 0 Å². The smallest absolute Gasteiger partial charge is 0.222 e. The maximum atomic E-state index is 11.8. The van der Waals surface area contributed by atoms with Gasteiger partial charge in [0, 0.05) is 19.5 Å². The zero-order chi connectivity index (χ0) is 10.7. The number of piperidine rings is 1. The largest absolute Gasteiger partial charge is 0.342 e. The summed E-state index contributed by atoms with van der Waals surface area (Å²) in [5, 5.41) is 0. The number of hydrogen-bond donors (Lipinski definition) is 0. The second-order valence-corrected chi connectivity index (χ2v) is 5.34. The molecule has 1 heterocycles. The van der Waals surface area contributed by atoms with E-state index in [1.165, 1.54) is 6.42 Å². The fourth-order valence-corrected chi connectivity index (χ4v) is 2.34. The van der Waals surface area contributed by atoms with E-state index < -0.39 is 0 Å². The fourth-order valence-electron chi connectivity index (χ4n) is 2.34. The van der Waals surface area contributed by atoms with Crippen LogP contribution in [0.15, 0.2) is 0 Å². The lowest BCUT2D eigenvalue weighted by Gasteiger charge is -2.35. The van der Waals surface area contributed by atoms with E-state index in [0.717, 1.165) is 13.1 Å². The Kier molecular flexibility index (Phi) is 3.97. The van der Waals surface area contributed by atoms with Crippen LogP contribution in [0.25, 0.3) is 0 Å². The molecule has 14 heavy (non-hydrogen) atoms. The zero-order valence-electron chi connectivity index (χ0n) is 9.92. The molecule has 0 aromatic carbocycles. The van der Waals surface area contributed by atoms with Gasteiger partial charge in [0.15, 0.2) is 0 Å². The summed E-state index contributed by atoms with van der Waals surface area (Å²) in [6.07, 6.45) is 1.98. The van der Waals surface area contributed by atoms with Crippen molar-refractivity contribution in [2.45, 2.75) is 40.5 Å². The summed E-state index contributed by atoms with van der Waals surface area (Å²) in [4.78, 5) is 13.9. The van der Waals surface area contributed by atoms with E-state index >= 15 is 0 Å². The number of carbonyl (C=O) groups is 1. The summed E-state index contributed by atoms with van der Waals surface area (Å²) in [7, 11) is 0. The third kappa shape index (κ3) is 3.32. The molecule has 0 aromatic heterocycles. The van der Waals surface area contributed by atoms with Gasteiger partial charge in [-0.15, -0.1) is 0 Å². The van der Waals surface area contributed by atoms with Crippen LogP contribution in [0.3, 0.4) is 0 Å². The molecule has 0 N–H and O–H groups in total. The monoisotopic (exact) mass is 197 g/mol. The van der Waals surface area contributed by atoms with E-state index in [2.05, 4.69) is 32.6 Å². The summed E-state index contributed by atoms with van der Waals surface area (Å²) in [6, 6.07) is 0. The lowest BCUT2D eigenvalue weighted by molar-refractivity contribution is -0.134. The molecule has 1 aliphatic rings. The van der Waals surface area contributed by atoms with Crippen molar-refractivity contribution in [3.8, 4) is 0 Å². The van der Waals surface area contributed by atoms with Gasteiger partial charge in [0.2, 0.25) is 5.91 Å². The summed E-state index contributed by atoms with van der Waals surface area (Å²) < 4.78 is 0. The Labute approximate surface area is 87.7 Å². The molecule has 0 bridgehead atoms. The molecule has 2 unspecified atom stereocenters. The van der Waals surface area contributed by atoms with Crippen LogP contribution >= 0.6 is 0 Å². The fraction of sp³-hybridized carbons (Fsp3) is 0.917. The highest BCUT2D eigenvalue weighted by atomic mass is 16.2. The van der Waals surface area contributed by atoms with E-state index in [-0.39, 0.29) is 0 Å². The van der Waals surface area contributed by atoms with Crippen LogP contribution in [0.4, 0.5) is 0 Å². The number of rotatable bonds is 2. The van der Waals surface area contributed by atoms with Gasteiger partial charge < -0.3 is 4.90 Å². The third-order valence-electron chi connectivity index (χ3n) is 2.80. The SMILES string of the molecule is CC(C)CC(=O)N1CC(C)CC(C)C1. The van der Waals surface area contributed by atoms with Gasteiger partial charge in [-0.05, 0) is 24.2 Å². The van der Waals surface area contributed by atoms with Crippen molar-refractivity contribution in [1.29, 1.82) is 0 Å². The quantitative estimate of drug-likeness (QED) is 0.666. The van der Waals surface area contributed by atoms with Crippen molar-refractivity contribution >= 4 is 5.91 Å². The molecule has 1 rings (SSSR count). The molecule has 2 heteroatoms. The second kappa shape index (κ2) is 4.81. The van der Waals surface area contributed by atoms with Gasteiger partial charge in [-0.25, -0.2) is 0 Å². The number of carbonyl (C=O) groups excluding carboxylic acids is 1. The standard InChI is InChI=1S/C12H23NO/c1-9(2)5-12(14)13-7-10(3)6-11(4)8-13/h9-11H,5-8H2,1-4H3. The first-order chi connectivity index (χ1) is 6.49. The summed E-state index contributed by atoms with van der Waals surface area (Å²) in [6.45, 7) is 10.6. The molecule has 1 saturated heterocycles. The lowest BCUT2D eigenvalue weighted by Crippen LogP contribution is -2.42. The molecule has 2 nitrogen and oxygen atoms in total. The Balaban J connectivity index is 2.46. The molecule has 0 saturated carbocycles. The second-order valence-electron chi connectivity index (χ2n) is 5.34. The van der Waals surface area contributed by atoms with Crippen LogP contribution in [0.2, 0.25) is 0 Å². The normalized spacial score (nSPS) is 28.2. The molecule has 1 amide bonds. The van der Waals surface area contributed by atoms with E-state index in [0.29, 0.717) is 30.1 Å². The predicted molar refractivity (Wildman–Crippen MR) is 59.0 cm³/mol. The van der Waals surface area contributed by atoms with Gasteiger partial charge in [-0.1, -0.05) is 27.7 Å². The van der Waals surface area contributed by atoms with Crippen LogP contribution in [-0.4, -0.2) is 23.9 Å². The molecule has 0 spiro atoms. The minimum Gasteiger partial charge on any atom is -0.342 e. The Bertz CT molecular complexity index is 190. The van der Waals surface area contributed by atoms with Crippen molar-refractivity contribution in [1.82, 2.24) is 4.90 Å². The summed E-state index contributed by atoms with van der Waals surface area (Å²) >= 11 is 0. The highest BCUT2D eigenvalue weighted by Gasteiger charge is 2.25. The predicted octanol–water partition coefficient (Wildman–Crippen LogP) is 2.54. The topological polar surface area (TPSA) is 20.3 Å². The highest BCUT2D eigenvalue weighted by Crippen LogP contribution is 2.21. The van der Waals surface area contributed by atoms with Crippen molar-refractivity contribution in [2.24, 2.45) is 17.8 Å². The van der Waals surface area contributed by atoms with Crippen LogP contribution in [0.1, 0.15) is 40.5 Å². The lowest BCUT2D eigenvalue weighted by atomic mass is 9.91. The third-order valence-corrected chi connectivity index (χ3v) is 2.80. The highest BCUT2D eigenvalue weighted by molar-refractivity contribution is 5.76. The molecule has 2 atom stereocenters. The van der Waals surface area contributed by atoms with E-state index in [4.69, 9.17) is 0 Å². The van der Waals surface area contributed by atoms with Crippen molar-refractivity contribution in [3.05, 3.63) is 0 Å². The Morgan fingerprint density at radius 2 is 1.79 bits per heavy atom. The minimum atomic E-state index is 0.346. The number of likely N-dealkylation sites (tertiary alicyclic amines) is 1. The molecular weight excluding hydrogens is 174 g/mol. The molecule has 0 radical (unpaired) electrons. The Morgan fingerprint density at radius 1 is 1.29 bits per heavy atom.